The average molecular weight is 893 g/mol. The molecular weight excluding hydrogens is 779 g/mol. The van der Waals surface area contributed by atoms with Crippen molar-refractivity contribution in [3.63, 3.8) is 0 Å². The number of likely N-dealkylation sites (tertiary alicyclic amines) is 3. The van der Waals surface area contributed by atoms with E-state index in [1.165, 1.54) is 50.9 Å². The summed E-state index contributed by atoms with van der Waals surface area (Å²) in [5.41, 5.74) is 2.29. The normalized spacial score (nSPS) is 16.9. The van der Waals surface area contributed by atoms with Gasteiger partial charge in [-0.25, -0.2) is 0 Å². The third kappa shape index (κ3) is 32.4. The lowest BCUT2D eigenvalue weighted by Crippen LogP contribution is -2.47. The molecule has 0 radical (unpaired) electrons. The number of rotatable bonds is 3. The Morgan fingerprint density at radius 1 is 0.619 bits per heavy atom. The molecule has 2 amide bonds. The number of hydrogen-bond acceptors (Lipinski definition) is 5. The molecule has 4 heterocycles. The minimum Gasteiger partial charge on any atom is -0.381 e. The Bertz CT molecular complexity index is 1210. The zero-order valence-electron chi connectivity index (χ0n) is 47.3. The number of benzene rings is 1. The summed E-state index contributed by atoms with van der Waals surface area (Å²) >= 11 is 0. The Morgan fingerprint density at radius 2 is 1.06 bits per heavy atom. The molecule has 0 aromatic heterocycles. The van der Waals surface area contributed by atoms with Crippen LogP contribution in [0.25, 0.3) is 0 Å². The van der Waals surface area contributed by atoms with Crippen LogP contribution in [0.1, 0.15) is 230 Å². The van der Waals surface area contributed by atoms with E-state index < -0.39 is 0 Å². The molecule has 4 aliphatic rings. The largest absolute Gasteiger partial charge is 0.381 e. The first-order chi connectivity index (χ1) is 29.0. The van der Waals surface area contributed by atoms with Crippen molar-refractivity contribution < 1.29 is 19.1 Å². The lowest BCUT2D eigenvalue weighted by molar-refractivity contribution is -0.139. The number of carbonyl (C=O) groups excluding carboxylic acids is 2. The van der Waals surface area contributed by atoms with Crippen molar-refractivity contribution in [1.82, 2.24) is 14.7 Å². The quantitative estimate of drug-likeness (QED) is 0.303. The zero-order valence-corrected chi connectivity index (χ0v) is 47.3. The first-order valence-corrected chi connectivity index (χ1v) is 25.7. The molecule has 0 spiro atoms. The monoisotopic (exact) mass is 892 g/mol. The number of nitrogens with zero attached hydrogens (tertiary/aromatic N) is 3. The first-order valence-electron chi connectivity index (χ1n) is 25.7. The molecule has 4 aliphatic heterocycles. The van der Waals surface area contributed by atoms with E-state index in [9.17, 15) is 9.59 Å². The average Bonchev–Trinajstić information content (AvgIpc) is 3.74. The smallest absolute Gasteiger partial charge is 0.227 e. The van der Waals surface area contributed by atoms with Crippen molar-refractivity contribution in [3.05, 3.63) is 35.9 Å². The number of hydrogen-bond donors (Lipinski definition) is 0. The molecule has 4 fully saturated rings. The molecule has 63 heavy (non-hydrogen) atoms. The Labute approximate surface area is 396 Å². The van der Waals surface area contributed by atoms with E-state index in [1.54, 1.807) is 0 Å². The molecule has 0 bridgehead atoms. The molecule has 0 aliphatic carbocycles. The predicted octanol–water partition coefficient (Wildman–Crippen LogP) is 15.3. The third-order valence-corrected chi connectivity index (χ3v) is 10.9. The van der Waals surface area contributed by atoms with Gasteiger partial charge in [-0.3, -0.25) is 9.59 Å². The molecule has 376 valence electrons. The summed E-state index contributed by atoms with van der Waals surface area (Å²) in [6.07, 6.45) is 9.30. The molecule has 0 atom stereocenters. The summed E-state index contributed by atoms with van der Waals surface area (Å²) in [7, 11) is 0. The van der Waals surface area contributed by atoms with Gasteiger partial charge in [0.25, 0.3) is 0 Å². The van der Waals surface area contributed by atoms with E-state index in [1.807, 2.05) is 86.0 Å². The van der Waals surface area contributed by atoms with Crippen LogP contribution >= 0.6 is 0 Å². The fraction of sp³-hybridized carbons (Fsp3) is 0.857. The van der Waals surface area contributed by atoms with Crippen LogP contribution in [-0.2, 0) is 24.5 Å². The summed E-state index contributed by atoms with van der Waals surface area (Å²) in [5.74, 6) is 0.624. The van der Waals surface area contributed by atoms with Crippen molar-refractivity contribution in [3.8, 4) is 0 Å². The number of carbonyl (C=O) groups is 2. The van der Waals surface area contributed by atoms with E-state index in [0.717, 1.165) is 58.5 Å². The number of ether oxygens (including phenoxy) is 2. The standard InChI is InChI=1S/C13H20.2C9H17NO.C9H18O2.C8H17N.4C2H6/c1-12(2,3)13(4,5)11-9-7-6-8-10-11;1-9(2,3)8(11)10-6-4-5-7-10;1-9(2,3)10-7-5-4-6-8(10)11;1-9(2,3)11-8-4-6-10-7-5-8;1-8(2,3)7-9-5-4-6-9;4*1-2/h6-10H,1-5H3;2*4-7H2,1-3H3;8H,4-7H2,1-3H3;4-7H2,1-3H3;4*1-2H3. The Hall–Kier alpha value is -1.96. The zero-order chi connectivity index (χ0) is 50.3. The minimum atomic E-state index is -0.190. The highest BCUT2D eigenvalue weighted by atomic mass is 16.5. The number of amides is 2. The van der Waals surface area contributed by atoms with E-state index >= 15 is 0 Å². The van der Waals surface area contributed by atoms with E-state index in [-0.39, 0.29) is 22.0 Å². The number of piperidine rings is 1. The maximum atomic E-state index is 11.6. The molecule has 7 nitrogen and oxygen atoms in total. The van der Waals surface area contributed by atoms with Crippen LogP contribution in [0.2, 0.25) is 0 Å². The van der Waals surface area contributed by atoms with E-state index in [4.69, 9.17) is 9.47 Å². The van der Waals surface area contributed by atoms with Crippen molar-refractivity contribution in [2.75, 3.05) is 52.5 Å². The van der Waals surface area contributed by atoms with Gasteiger partial charge in [-0.1, -0.05) is 162 Å². The van der Waals surface area contributed by atoms with Gasteiger partial charge in [-0.05, 0) is 121 Å². The Kier molecular flexibility index (Phi) is 36.9. The third-order valence-electron chi connectivity index (χ3n) is 10.9. The highest BCUT2D eigenvalue weighted by molar-refractivity contribution is 5.81. The maximum absolute atomic E-state index is 11.6. The summed E-state index contributed by atoms with van der Waals surface area (Å²) in [6.45, 7) is 61.4. The molecule has 4 saturated heterocycles. The lowest BCUT2D eigenvalue weighted by atomic mass is 9.65. The second-order valence-electron chi connectivity index (χ2n) is 21.9. The van der Waals surface area contributed by atoms with Gasteiger partial charge in [-0.15, -0.1) is 0 Å². The van der Waals surface area contributed by atoms with E-state index in [0.29, 0.717) is 28.7 Å². The van der Waals surface area contributed by atoms with Gasteiger partial charge in [0.2, 0.25) is 11.8 Å². The summed E-state index contributed by atoms with van der Waals surface area (Å²) in [5, 5.41) is 0. The second-order valence-corrected chi connectivity index (χ2v) is 21.9. The molecular formula is C56H113N3O4. The highest BCUT2D eigenvalue weighted by Crippen LogP contribution is 2.40. The highest BCUT2D eigenvalue weighted by Gasteiger charge is 2.34. The molecule has 0 unspecified atom stereocenters. The molecule has 1 aromatic carbocycles. The van der Waals surface area contributed by atoms with Crippen LogP contribution < -0.4 is 0 Å². The van der Waals surface area contributed by atoms with Gasteiger partial charge >= 0.3 is 0 Å². The fourth-order valence-corrected chi connectivity index (χ4v) is 6.70. The van der Waals surface area contributed by atoms with Crippen LogP contribution in [0.5, 0.6) is 0 Å². The van der Waals surface area contributed by atoms with Gasteiger partial charge in [-0.2, -0.15) is 0 Å². The van der Waals surface area contributed by atoms with Crippen LogP contribution in [0.15, 0.2) is 30.3 Å². The van der Waals surface area contributed by atoms with Crippen molar-refractivity contribution in [2.24, 2.45) is 16.2 Å². The van der Waals surface area contributed by atoms with Gasteiger partial charge in [0.05, 0.1) is 11.7 Å². The van der Waals surface area contributed by atoms with Gasteiger partial charge in [0.1, 0.15) is 0 Å². The van der Waals surface area contributed by atoms with Crippen LogP contribution in [0.4, 0.5) is 0 Å². The van der Waals surface area contributed by atoms with Gasteiger partial charge in [0.15, 0.2) is 0 Å². The molecule has 0 saturated carbocycles. The van der Waals surface area contributed by atoms with Crippen molar-refractivity contribution in [2.45, 2.75) is 247 Å². The first kappa shape index (κ1) is 67.6. The molecule has 0 N–H and O–H groups in total. The Morgan fingerprint density at radius 3 is 1.37 bits per heavy atom. The van der Waals surface area contributed by atoms with Crippen molar-refractivity contribution in [1.29, 1.82) is 0 Å². The van der Waals surface area contributed by atoms with Crippen molar-refractivity contribution >= 4 is 11.8 Å². The van der Waals surface area contributed by atoms with Crippen LogP contribution in [0, 0.1) is 16.2 Å². The van der Waals surface area contributed by atoms with Crippen LogP contribution in [-0.4, -0.2) is 96.2 Å². The SMILES string of the molecule is CC.CC.CC.CC.CC(C)(C)C(=O)N1CCCC1.CC(C)(C)C(C)(C)c1ccccc1.CC(C)(C)CN1CCC1.CC(C)(C)N1CCCCC1=O.CC(C)(C)OC1CCOCC1. The predicted molar refractivity (Wildman–Crippen MR) is 280 cm³/mol. The molecule has 5 rings (SSSR count). The maximum Gasteiger partial charge on any atom is 0.227 e. The molecule has 7 heteroatoms. The Balaban J connectivity index is -0.000000332. The van der Waals surface area contributed by atoms with Gasteiger partial charge in [0, 0.05) is 56.8 Å². The summed E-state index contributed by atoms with van der Waals surface area (Å²) in [4.78, 5) is 29.4. The lowest BCUT2D eigenvalue weighted by Gasteiger charge is -2.39. The van der Waals surface area contributed by atoms with Crippen LogP contribution in [0.3, 0.4) is 0 Å². The fourth-order valence-electron chi connectivity index (χ4n) is 6.70. The summed E-state index contributed by atoms with van der Waals surface area (Å²) in [6, 6.07) is 10.7. The topological polar surface area (TPSA) is 62.3 Å². The van der Waals surface area contributed by atoms with Gasteiger partial charge < -0.3 is 24.2 Å². The minimum absolute atomic E-state index is 0.00199. The second kappa shape index (κ2) is 34.4. The van der Waals surface area contributed by atoms with E-state index in [2.05, 4.69) is 132 Å². The summed E-state index contributed by atoms with van der Waals surface area (Å²) < 4.78 is 11.0. The molecule has 1 aromatic rings.